The highest BCUT2D eigenvalue weighted by molar-refractivity contribution is 4.88. The van der Waals surface area contributed by atoms with Gasteiger partial charge in [-0.2, -0.15) is 4.94 Å². The molecule has 5 atom stereocenters. The van der Waals surface area contributed by atoms with Gasteiger partial charge in [0.2, 0.25) is 0 Å². The number of ether oxygens (including phenoxy) is 1. The fourth-order valence-electron chi connectivity index (χ4n) is 1.17. The quantitative estimate of drug-likeness (QED) is 0.398. The molecule has 6 nitrogen and oxygen atoms in total. The number of aliphatic hydroxyl groups excluding tert-OH is 4. The topological polar surface area (TPSA) is 99.4 Å². The lowest BCUT2D eigenvalue weighted by Crippen LogP contribution is -2.58. The predicted octanol–water partition coefficient (Wildman–Crippen LogP) is -2.31. The molecule has 0 spiro atoms. The average molecular weight is 198 g/mol. The van der Waals surface area contributed by atoms with Gasteiger partial charge < -0.3 is 25.2 Å². The highest BCUT2D eigenvalue weighted by atomic mass is 19.3. The molecule has 1 saturated heterocycles. The van der Waals surface area contributed by atoms with E-state index in [0.717, 1.165) is 0 Å². The van der Waals surface area contributed by atoms with E-state index in [1.807, 2.05) is 0 Å². The fraction of sp³-hybridized carbons (Fsp3) is 1.00. The van der Waals surface area contributed by atoms with Crippen LogP contribution in [0.1, 0.15) is 0 Å². The van der Waals surface area contributed by atoms with Crippen LogP contribution in [0.4, 0.5) is 4.53 Å². The minimum absolute atomic E-state index is 0.606. The molecule has 4 N–H and O–H groups in total. The van der Waals surface area contributed by atoms with Gasteiger partial charge in [-0.15, -0.1) is 0 Å². The Balaban J connectivity index is 2.69. The van der Waals surface area contributed by atoms with Crippen LogP contribution in [0, 0.1) is 0 Å². The van der Waals surface area contributed by atoms with E-state index in [1.54, 1.807) is 0 Å². The molecule has 1 rings (SSSR count). The maximum absolute atomic E-state index is 11.8. The van der Waals surface area contributed by atoms with Gasteiger partial charge in [0.25, 0.3) is 0 Å². The molecule has 78 valence electrons. The largest absolute Gasteiger partial charge is 0.394 e. The lowest BCUT2D eigenvalue weighted by Gasteiger charge is -2.37. The monoisotopic (exact) mass is 198 g/mol. The van der Waals surface area contributed by atoms with Crippen LogP contribution in [0.2, 0.25) is 0 Å². The van der Waals surface area contributed by atoms with Crippen molar-refractivity contribution in [2.24, 2.45) is 0 Å². The van der Waals surface area contributed by atoms with Crippen molar-refractivity contribution in [1.82, 2.24) is 0 Å². The molecular formula is C6H11FO6. The number of aliphatic hydroxyl groups is 4. The predicted molar refractivity (Wildman–Crippen MR) is 36.0 cm³/mol. The van der Waals surface area contributed by atoms with Crippen LogP contribution in [-0.4, -0.2) is 57.7 Å². The van der Waals surface area contributed by atoms with Gasteiger partial charge in [-0.05, 0) is 4.53 Å². The molecular weight excluding hydrogens is 187 g/mol. The lowest BCUT2D eigenvalue weighted by atomic mass is 9.99. The summed E-state index contributed by atoms with van der Waals surface area (Å²) in [5, 5.41) is 35.8. The van der Waals surface area contributed by atoms with Gasteiger partial charge in [0, 0.05) is 0 Å². The van der Waals surface area contributed by atoms with Gasteiger partial charge in [0.05, 0.1) is 6.61 Å². The van der Waals surface area contributed by atoms with Gasteiger partial charge >= 0.3 is 0 Å². The van der Waals surface area contributed by atoms with Gasteiger partial charge in [0.1, 0.15) is 18.3 Å². The Hall–Kier alpha value is -0.310. The van der Waals surface area contributed by atoms with Crippen molar-refractivity contribution in [3.05, 3.63) is 0 Å². The Morgan fingerprint density at radius 1 is 1.23 bits per heavy atom. The molecule has 1 heterocycles. The molecule has 0 aromatic rings. The summed E-state index contributed by atoms with van der Waals surface area (Å²) in [6, 6.07) is 0. The number of hydrogen-bond donors (Lipinski definition) is 4. The summed E-state index contributed by atoms with van der Waals surface area (Å²) >= 11 is 0. The summed E-state index contributed by atoms with van der Waals surface area (Å²) in [5.74, 6) is 0. The molecule has 1 aliphatic heterocycles. The van der Waals surface area contributed by atoms with Crippen molar-refractivity contribution in [2.75, 3.05) is 6.61 Å². The molecule has 0 aliphatic carbocycles. The van der Waals surface area contributed by atoms with Gasteiger partial charge in [-0.1, -0.05) is 0 Å². The Morgan fingerprint density at radius 2 is 1.85 bits per heavy atom. The number of halogens is 1. The van der Waals surface area contributed by atoms with E-state index in [1.165, 1.54) is 0 Å². The third-order valence-electron chi connectivity index (χ3n) is 1.94. The molecule has 0 aromatic carbocycles. The first kappa shape index (κ1) is 10.8. The highest BCUT2D eigenvalue weighted by Crippen LogP contribution is 2.22. The second kappa shape index (κ2) is 4.27. The van der Waals surface area contributed by atoms with Crippen molar-refractivity contribution in [1.29, 1.82) is 0 Å². The smallest absolute Gasteiger partial charge is 0.184 e. The Morgan fingerprint density at radius 3 is 2.31 bits per heavy atom. The van der Waals surface area contributed by atoms with E-state index in [2.05, 4.69) is 9.68 Å². The van der Waals surface area contributed by atoms with E-state index in [9.17, 15) is 9.63 Å². The lowest BCUT2D eigenvalue weighted by molar-refractivity contribution is -0.334. The third-order valence-corrected chi connectivity index (χ3v) is 1.94. The van der Waals surface area contributed by atoms with Crippen LogP contribution in [0.3, 0.4) is 0 Å². The molecule has 0 amide bonds. The fourth-order valence-corrected chi connectivity index (χ4v) is 1.17. The van der Waals surface area contributed by atoms with E-state index >= 15 is 0 Å². The van der Waals surface area contributed by atoms with Gasteiger partial charge in [-0.25, -0.2) is 0 Å². The molecule has 1 fully saturated rings. The average Bonchev–Trinajstić information content (AvgIpc) is 2.12. The second-order valence-corrected chi connectivity index (χ2v) is 2.78. The maximum atomic E-state index is 11.8. The van der Waals surface area contributed by atoms with Crippen molar-refractivity contribution < 1.29 is 34.6 Å². The van der Waals surface area contributed by atoms with E-state index in [4.69, 9.17) is 15.3 Å². The summed E-state index contributed by atoms with van der Waals surface area (Å²) in [6.45, 7) is -0.606. The summed E-state index contributed by atoms with van der Waals surface area (Å²) in [5.41, 5.74) is 0. The molecule has 1 aliphatic rings. The van der Waals surface area contributed by atoms with Crippen molar-refractivity contribution in [2.45, 2.75) is 30.7 Å². The van der Waals surface area contributed by atoms with Crippen LogP contribution >= 0.6 is 0 Å². The number of hydrogen-bond acceptors (Lipinski definition) is 6. The first-order valence-electron chi connectivity index (χ1n) is 3.69. The molecule has 7 heteroatoms. The standard InChI is InChI=1S/C6H11FO6/c7-13-5-3(9)2(1-8)12-6(11)4(5)10/h2-6,8-11H,1H2/t2-,3-,4+,5+,6?/m1/s1. The molecule has 13 heavy (non-hydrogen) atoms. The van der Waals surface area contributed by atoms with Crippen LogP contribution in [0.15, 0.2) is 0 Å². The van der Waals surface area contributed by atoms with Crippen LogP contribution < -0.4 is 0 Å². The Kier molecular flexibility index (Phi) is 3.54. The summed E-state index contributed by atoms with van der Waals surface area (Å²) < 4.78 is 16.3. The Labute approximate surface area is 73.0 Å². The van der Waals surface area contributed by atoms with Crippen LogP contribution in [-0.2, 0) is 9.68 Å². The van der Waals surface area contributed by atoms with Gasteiger partial charge in [0.15, 0.2) is 12.4 Å². The van der Waals surface area contributed by atoms with E-state index in [0.29, 0.717) is 0 Å². The van der Waals surface area contributed by atoms with Crippen molar-refractivity contribution in [3.63, 3.8) is 0 Å². The molecule has 0 bridgehead atoms. The maximum Gasteiger partial charge on any atom is 0.184 e. The summed E-state index contributed by atoms with van der Waals surface area (Å²) in [4.78, 5) is 3.27. The van der Waals surface area contributed by atoms with Crippen LogP contribution in [0.5, 0.6) is 0 Å². The highest BCUT2D eigenvalue weighted by Gasteiger charge is 2.45. The molecule has 0 saturated carbocycles. The number of rotatable bonds is 2. The van der Waals surface area contributed by atoms with E-state index in [-0.39, 0.29) is 0 Å². The normalized spacial score (nSPS) is 46.4. The molecule has 0 radical (unpaired) electrons. The van der Waals surface area contributed by atoms with Crippen LogP contribution in [0.25, 0.3) is 0 Å². The summed E-state index contributed by atoms with van der Waals surface area (Å²) in [6.07, 6.45) is -7.66. The molecule has 1 unspecified atom stereocenters. The SMILES string of the molecule is OC[C@H]1OC(O)[C@@H](O)[C@@H](OF)[C@@H]1O. The zero-order valence-electron chi connectivity index (χ0n) is 6.58. The Bertz CT molecular complexity index is 167. The first-order valence-corrected chi connectivity index (χ1v) is 3.69. The third kappa shape index (κ3) is 1.96. The first-order chi connectivity index (χ1) is 6.11. The van der Waals surface area contributed by atoms with Gasteiger partial charge in [-0.3, -0.25) is 0 Å². The minimum Gasteiger partial charge on any atom is -0.394 e. The van der Waals surface area contributed by atoms with Crippen molar-refractivity contribution in [3.8, 4) is 0 Å². The van der Waals surface area contributed by atoms with Crippen molar-refractivity contribution >= 4 is 0 Å². The van der Waals surface area contributed by atoms with E-state index < -0.39 is 37.3 Å². The zero-order valence-corrected chi connectivity index (χ0v) is 6.58. The zero-order chi connectivity index (χ0) is 10.0. The minimum atomic E-state index is -1.68. The second-order valence-electron chi connectivity index (χ2n) is 2.78. The summed E-state index contributed by atoms with van der Waals surface area (Å²) in [7, 11) is 0. The molecule has 0 aromatic heterocycles.